The van der Waals surface area contributed by atoms with Gasteiger partial charge in [-0.1, -0.05) is 29.2 Å². The van der Waals surface area contributed by atoms with Gasteiger partial charge in [0.05, 0.1) is 18.1 Å². The first kappa shape index (κ1) is 20.7. The van der Waals surface area contributed by atoms with Crippen LogP contribution in [0.25, 0.3) is 0 Å². The van der Waals surface area contributed by atoms with Gasteiger partial charge in [0.25, 0.3) is 5.91 Å². The molecule has 1 unspecified atom stereocenters. The molecule has 0 aliphatic carbocycles. The van der Waals surface area contributed by atoms with E-state index in [2.05, 4.69) is 37.6 Å². The molecule has 0 bridgehead atoms. The first-order chi connectivity index (χ1) is 14.0. The Labute approximate surface area is 174 Å². The number of amides is 2. The molecule has 10 nitrogen and oxygen atoms in total. The standard InChI is InChI=1S/C17H19N7O3S2/c1-4-7-24-14(10(2)18-15(26)12-6-5-8-27-12)21-23-17(24)28-9-13(25)19-16-22-20-11(3)29-16/h4-6,8,10H,1,7,9H2,2-3H3,(H,18,26)(H,19,22,25). The summed E-state index contributed by atoms with van der Waals surface area (Å²) < 4.78 is 6.90. The van der Waals surface area contributed by atoms with Gasteiger partial charge in [0.1, 0.15) is 5.01 Å². The van der Waals surface area contributed by atoms with Crippen molar-refractivity contribution in [1.29, 1.82) is 0 Å². The van der Waals surface area contributed by atoms with Crippen LogP contribution in [0.15, 0.2) is 40.6 Å². The van der Waals surface area contributed by atoms with Crippen LogP contribution >= 0.6 is 23.1 Å². The quantitative estimate of drug-likeness (QED) is 0.389. The van der Waals surface area contributed by atoms with E-state index in [9.17, 15) is 9.59 Å². The third kappa shape index (κ3) is 5.29. The number of hydrogen-bond acceptors (Lipinski definition) is 9. The summed E-state index contributed by atoms with van der Waals surface area (Å²) in [6.45, 7) is 7.79. The summed E-state index contributed by atoms with van der Waals surface area (Å²) in [7, 11) is 0. The summed E-state index contributed by atoms with van der Waals surface area (Å²) in [6.07, 6.45) is 3.13. The van der Waals surface area contributed by atoms with E-state index in [0.29, 0.717) is 22.7 Å². The highest BCUT2D eigenvalue weighted by Crippen LogP contribution is 2.22. The van der Waals surface area contributed by atoms with Crippen LogP contribution in [-0.2, 0) is 11.3 Å². The van der Waals surface area contributed by atoms with E-state index >= 15 is 0 Å². The van der Waals surface area contributed by atoms with Gasteiger partial charge in [-0.3, -0.25) is 14.9 Å². The predicted octanol–water partition coefficient (Wildman–Crippen LogP) is 2.44. The van der Waals surface area contributed by atoms with Crippen molar-refractivity contribution >= 4 is 40.0 Å². The second-order valence-corrected chi connectivity index (χ2v) is 8.00. The van der Waals surface area contributed by atoms with Crippen LogP contribution < -0.4 is 10.6 Å². The molecule has 0 aromatic carbocycles. The number of nitrogens with zero attached hydrogens (tertiary/aromatic N) is 5. The van der Waals surface area contributed by atoms with E-state index in [1.165, 1.54) is 29.4 Å². The number of nitrogens with one attached hydrogen (secondary N) is 2. The average Bonchev–Trinajstić information content (AvgIpc) is 3.42. The summed E-state index contributed by atoms with van der Waals surface area (Å²) in [5.41, 5.74) is 0. The number of aromatic nitrogens is 5. The van der Waals surface area contributed by atoms with Gasteiger partial charge in [-0.2, -0.15) is 0 Å². The second-order valence-electron chi connectivity index (χ2n) is 5.88. The fourth-order valence-electron chi connectivity index (χ4n) is 2.40. The van der Waals surface area contributed by atoms with Gasteiger partial charge in [0.15, 0.2) is 16.7 Å². The Kier molecular flexibility index (Phi) is 6.77. The molecule has 1 atom stereocenters. The molecule has 2 N–H and O–H groups in total. The maximum atomic E-state index is 12.2. The minimum absolute atomic E-state index is 0.126. The molecule has 29 heavy (non-hydrogen) atoms. The van der Waals surface area contributed by atoms with Gasteiger partial charge in [0.2, 0.25) is 11.0 Å². The van der Waals surface area contributed by atoms with E-state index in [0.717, 1.165) is 5.01 Å². The van der Waals surface area contributed by atoms with Crippen LogP contribution in [0.2, 0.25) is 0 Å². The maximum Gasteiger partial charge on any atom is 0.287 e. The highest BCUT2D eigenvalue weighted by Gasteiger charge is 2.21. The molecule has 0 saturated heterocycles. The molecule has 3 rings (SSSR count). The molecule has 152 valence electrons. The minimum atomic E-state index is -0.424. The van der Waals surface area contributed by atoms with Crippen LogP contribution in [0.4, 0.5) is 5.13 Å². The van der Waals surface area contributed by atoms with Crippen LogP contribution in [0, 0.1) is 6.92 Å². The molecule has 2 amide bonds. The summed E-state index contributed by atoms with van der Waals surface area (Å²) >= 11 is 2.53. The Morgan fingerprint density at radius 3 is 2.86 bits per heavy atom. The predicted molar refractivity (Wildman–Crippen MR) is 109 cm³/mol. The van der Waals surface area contributed by atoms with E-state index < -0.39 is 6.04 Å². The smallest absolute Gasteiger partial charge is 0.287 e. The molecule has 0 saturated carbocycles. The van der Waals surface area contributed by atoms with Gasteiger partial charge in [-0.05, 0) is 26.0 Å². The normalized spacial score (nSPS) is 11.8. The van der Waals surface area contributed by atoms with Crippen molar-refractivity contribution in [3.05, 3.63) is 47.6 Å². The number of hydrogen-bond donors (Lipinski definition) is 2. The lowest BCUT2D eigenvalue weighted by Gasteiger charge is -2.14. The molecular formula is C17H19N7O3S2. The van der Waals surface area contributed by atoms with Crippen molar-refractivity contribution in [3.8, 4) is 0 Å². The number of carbonyl (C=O) groups is 2. The molecule has 0 spiro atoms. The van der Waals surface area contributed by atoms with Gasteiger partial charge in [-0.15, -0.1) is 27.0 Å². The molecule has 3 aromatic rings. The Morgan fingerprint density at radius 2 is 2.21 bits per heavy atom. The lowest BCUT2D eigenvalue weighted by atomic mass is 10.3. The number of furan rings is 1. The fourth-order valence-corrected chi connectivity index (χ4v) is 3.76. The average molecular weight is 434 g/mol. The largest absolute Gasteiger partial charge is 0.459 e. The highest BCUT2D eigenvalue weighted by molar-refractivity contribution is 7.99. The first-order valence-electron chi connectivity index (χ1n) is 8.59. The van der Waals surface area contributed by atoms with Gasteiger partial charge in [0, 0.05) is 6.54 Å². The monoisotopic (exact) mass is 433 g/mol. The first-order valence-corrected chi connectivity index (χ1v) is 10.4. The zero-order valence-corrected chi connectivity index (χ0v) is 17.4. The summed E-state index contributed by atoms with van der Waals surface area (Å²) in [5.74, 6) is 0.315. The van der Waals surface area contributed by atoms with Crippen LogP contribution in [-0.4, -0.2) is 42.5 Å². The van der Waals surface area contributed by atoms with Crippen LogP contribution in [0.5, 0.6) is 0 Å². The Hall–Kier alpha value is -2.99. The molecule has 0 fully saturated rings. The van der Waals surface area contributed by atoms with Crippen LogP contribution in [0.1, 0.15) is 34.4 Å². The zero-order chi connectivity index (χ0) is 20.8. The zero-order valence-electron chi connectivity index (χ0n) is 15.8. The highest BCUT2D eigenvalue weighted by atomic mass is 32.2. The third-order valence-corrected chi connectivity index (χ3v) is 5.36. The Balaban J connectivity index is 1.65. The maximum absolute atomic E-state index is 12.2. The number of thioether (sulfide) groups is 1. The molecule has 0 radical (unpaired) electrons. The number of rotatable bonds is 9. The van der Waals surface area contributed by atoms with Crippen molar-refractivity contribution < 1.29 is 14.0 Å². The summed E-state index contributed by atoms with van der Waals surface area (Å²) in [6, 6.07) is 2.80. The number of anilines is 1. The molecule has 0 aliphatic heterocycles. The summed E-state index contributed by atoms with van der Waals surface area (Å²) in [5, 5.41) is 23.3. The number of carbonyl (C=O) groups excluding carboxylic acids is 2. The summed E-state index contributed by atoms with van der Waals surface area (Å²) in [4.78, 5) is 24.3. The SMILES string of the molecule is C=CCn1c(SCC(=O)Nc2nnc(C)s2)nnc1C(C)NC(=O)c1ccco1. The van der Waals surface area contributed by atoms with E-state index in [1.54, 1.807) is 29.7 Å². The second kappa shape index (κ2) is 9.47. The van der Waals surface area contributed by atoms with Crippen LogP contribution in [0.3, 0.4) is 0 Å². The van der Waals surface area contributed by atoms with Crippen molar-refractivity contribution in [1.82, 2.24) is 30.3 Å². The molecule has 0 aliphatic rings. The van der Waals surface area contributed by atoms with E-state index in [-0.39, 0.29) is 23.3 Å². The lowest BCUT2D eigenvalue weighted by molar-refractivity contribution is -0.113. The van der Waals surface area contributed by atoms with E-state index in [4.69, 9.17) is 4.42 Å². The lowest BCUT2D eigenvalue weighted by Crippen LogP contribution is -2.28. The molecule has 12 heteroatoms. The number of allylic oxidation sites excluding steroid dienone is 1. The van der Waals surface area contributed by atoms with Gasteiger partial charge >= 0.3 is 0 Å². The minimum Gasteiger partial charge on any atom is -0.459 e. The van der Waals surface area contributed by atoms with Crippen molar-refractivity contribution in [2.45, 2.75) is 31.6 Å². The fraction of sp³-hybridized carbons (Fsp3) is 0.294. The Bertz CT molecular complexity index is 997. The van der Waals surface area contributed by atoms with E-state index in [1.807, 2.05) is 6.92 Å². The molecular weight excluding hydrogens is 414 g/mol. The molecule has 3 heterocycles. The van der Waals surface area contributed by atoms with Crippen molar-refractivity contribution in [3.63, 3.8) is 0 Å². The third-order valence-electron chi connectivity index (χ3n) is 3.64. The van der Waals surface area contributed by atoms with Gasteiger partial charge < -0.3 is 14.3 Å². The van der Waals surface area contributed by atoms with Crippen molar-refractivity contribution in [2.75, 3.05) is 11.1 Å². The Morgan fingerprint density at radius 1 is 1.38 bits per heavy atom. The number of aryl methyl sites for hydroxylation is 1. The molecule has 3 aromatic heterocycles. The van der Waals surface area contributed by atoms with Crippen molar-refractivity contribution in [2.24, 2.45) is 0 Å². The topological polar surface area (TPSA) is 128 Å². The van der Waals surface area contributed by atoms with Gasteiger partial charge in [-0.25, -0.2) is 0 Å².